The second-order valence-electron chi connectivity index (χ2n) is 5.81. The molecule has 0 spiro atoms. The highest BCUT2D eigenvalue weighted by Crippen LogP contribution is 2.38. The molecule has 142 valence electrons. The smallest absolute Gasteiger partial charge is 0.256 e. The molecule has 1 N–H and O–H groups in total. The lowest BCUT2D eigenvalue weighted by molar-refractivity contribution is 0.0950. The number of hydrogen-bond acceptors (Lipinski definition) is 5. The maximum atomic E-state index is 12.7. The van der Waals surface area contributed by atoms with E-state index in [1.807, 2.05) is 29.1 Å². The Morgan fingerprint density at radius 3 is 2.26 bits per heavy atom. The molecule has 27 heavy (non-hydrogen) atoms. The van der Waals surface area contributed by atoms with E-state index >= 15 is 0 Å². The topological polar surface area (TPSA) is 79.5 Å². The molecule has 0 fully saturated rings. The van der Waals surface area contributed by atoms with Gasteiger partial charge < -0.3 is 24.1 Å². The van der Waals surface area contributed by atoms with Gasteiger partial charge in [0.2, 0.25) is 5.75 Å². The van der Waals surface area contributed by atoms with E-state index in [1.54, 1.807) is 51.4 Å². The van der Waals surface area contributed by atoms with Crippen molar-refractivity contribution in [3.8, 4) is 23.1 Å². The summed E-state index contributed by atoms with van der Waals surface area (Å²) in [6, 6.07) is 7.39. The second kappa shape index (κ2) is 7.86. The predicted octanol–water partition coefficient (Wildman–Crippen LogP) is 2.17. The minimum atomic E-state index is -0.222. The Morgan fingerprint density at radius 2 is 1.70 bits per heavy atom. The van der Waals surface area contributed by atoms with Crippen LogP contribution in [0.2, 0.25) is 0 Å². The number of ether oxygens (including phenoxy) is 3. The normalized spacial score (nSPS) is 10.5. The third-order valence-electron chi connectivity index (χ3n) is 4.18. The van der Waals surface area contributed by atoms with Crippen LogP contribution in [0, 0.1) is 0 Å². The molecular formula is C19H22N4O4. The molecule has 0 saturated heterocycles. The number of carbonyl (C=O) groups is 1. The van der Waals surface area contributed by atoms with Crippen LogP contribution in [0.3, 0.4) is 0 Å². The number of hydrogen-bond donors (Lipinski definition) is 1. The maximum Gasteiger partial charge on any atom is 0.256 e. The third kappa shape index (κ3) is 3.59. The summed E-state index contributed by atoms with van der Waals surface area (Å²) in [4.78, 5) is 12.7. The largest absolute Gasteiger partial charge is 0.493 e. The van der Waals surface area contributed by atoms with Crippen LogP contribution < -0.4 is 19.5 Å². The van der Waals surface area contributed by atoms with E-state index in [9.17, 15) is 4.79 Å². The average Bonchev–Trinajstić information content (AvgIpc) is 3.34. The molecule has 2 heterocycles. The van der Waals surface area contributed by atoms with Gasteiger partial charge in [0, 0.05) is 26.0 Å². The van der Waals surface area contributed by atoms with Crippen molar-refractivity contribution in [2.45, 2.75) is 6.54 Å². The molecule has 8 nitrogen and oxygen atoms in total. The van der Waals surface area contributed by atoms with Crippen LogP contribution >= 0.6 is 0 Å². The molecular weight excluding hydrogens is 348 g/mol. The molecule has 0 radical (unpaired) electrons. The second-order valence-corrected chi connectivity index (χ2v) is 5.81. The van der Waals surface area contributed by atoms with Gasteiger partial charge in [-0.3, -0.25) is 9.48 Å². The van der Waals surface area contributed by atoms with Crippen LogP contribution in [0.25, 0.3) is 5.82 Å². The van der Waals surface area contributed by atoms with E-state index in [1.165, 1.54) is 0 Å². The highest BCUT2D eigenvalue weighted by molar-refractivity contribution is 5.97. The van der Waals surface area contributed by atoms with E-state index in [0.717, 1.165) is 5.56 Å². The SMILES string of the molecule is COc1cc(CNC(=O)c2cnn(C)c2-n2cccc2)cc(OC)c1OC. The molecule has 1 amide bonds. The standard InChI is InChI=1S/C19H22N4O4/c1-22-19(23-7-5-6-8-23)14(12-21-22)18(24)20-11-13-9-15(25-2)17(27-4)16(10-13)26-3/h5-10,12H,11H2,1-4H3,(H,20,24). The van der Waals surface area contributed by atoms with Gasteiger partial charge in [-0.05, 0) is 29.8 Å². The highest BCUT2D eigenvalue weighted by Gasteiger charge is 2.18. The van der Waals surface area contributed by atoms with Crippen molar-refractivity contribution in [1.82, 2.24) is 19.7 Å². The van der Waals surface area contributed by atoms with Gasteiger partial charge in [-0.25, -0.2) is 0 Å². The molecule has 0 aliphatic carbocycles. The van der Waals surface area contributed by atoms with Gasteiger partial charge in [0.1, 0.15) is 11.4 Å². The fraction of sp³-hybridized carbons (Fsp3) is 0.263. The summed E-state index contributed by atoms with van der Waals surface area (Å²) in [6.45, 7) is 0.301. The van der Waals surface area contributed by atoms with E-state index in [-0.39, 0.29) is 5.91 Å². The zero-order chi connectivity index (χ0) is 19.4. The fourth-order valence-corrected chi connectivity index (χ4v) is 2.89. The summed E-state index contributed by atoms with van der Waals surface area (Å²) in [7, 11) is 6.45. The molecule has 0 aliphatic heterocycles. The number of nitrogens with one attached hydrogen (secondary N) is 1. The first kappa shape index (κ1) is 18.4. The summed E-state index contributed by atoms with van der Waals surface area (Å²) in [5, 5.41) is 7.12. The molecule has 2 aromatic heterocycles. The quantitative estimate of drug-likeness (QED) is 0.689. The van der Waals surface area contributed by atoms with E-state index in [4.69, 9.17) is 14.2 Å². The number of nitrogens with zero attached hydrogens (tertiary/aromatic N) is 3. The Kier molecular flexibility index (Phi) is 5.35. The Balaban J connectivity index is 1.81. The molecule has 3 aromatic rings. The lowest BCUT2D eigenvalue weighted by Crippen LogP contribution is -2.24. The van der Waals surface area contributed by atoms with Crippen LogP contribution in [0.5, 0.6) is 17.2 Å². The van der Waals surface area contributed by atoms with Crippen molar-refractivity contribution in [3.05, 3.63) is 54.0 Å². The summed E-state index contributed by atoms with van der Waals surface area (Å²) in [5.41, 5.74) is 1.31. The zero-order valence-corrected chi connectivity index (χ0v) is 15.7. The van der Waals surface area contributed by atoms with Gasteiger partial charge in [-0.15, -0.1) is 0 Å². The molecule has 0 aliphatic rings. The average molecular weight is 370 g/mol. The van der Waals surface area contributed by atoms with Crippen LogP contribution in [-0.2, 0) is 13.6 Å². The Labute approximate surface area is 157 Å². The Morgan fingerprint density at radius 1 is 1.07 bits per heavy atom. The van der Waals surface area contributed by atoms with Gasteiger partial charge in [0.25, 0.3) is 5.91 Å². The molecule has 0 bridgehead atoms. The minimum absolute atomic E-state index is 0.222. The maximum absolute atomic E-state index is 12.7. The summed E-state index contributed by atoms with van der Waals surface area (Å²) in [6.07, 6.45) is 5.29. The first-order valence-corrected chi connectivity index (χ1v) is 8.31. The van der Waals surface area contributed by atoms with Crippen LogP contribution in [0.15, 0.2) is 42.9 Å². The molecule has 8 heteroatoms. The molecule has 0 atom stereocenters. The number of amides is 1. The van der Waals surface area contributed by atoms with E-state index < -0.39 is 0 Å². The number of rotatable bonds is 7. The van der Waals surface area contributed by atoms with Gasteiger partial charge in [0.05, 0.1) is 27.5 Å². The first-order chi connectivity index (χ1) is 13.1. The van der Waals surface area contributed by atoms with Crippen molar-refractivity contribution in [3.63, 3.8) is 0 Å². The summed E-state index contributed by atoms with van der Waals surface area (Å²) in [5.74, 6) is 2.06. The number of aryl methyl sites for hydroxylation is 1. The first-order valence-electron chi connectivity index (χ1n) is 8.31. The van der Waals surface area contributed by atoms with Gasteiger partial charge >= 0.3 is 0 Å². The van der Waals surface area contributed by atoms with Crippen molar-refractivity contribution < 1.29 is 19.0 Å². The highest BCUT2D eigenvalue weighted by atomic mass is 16.5. The lowest BCUT2D eigenvalue weighted by atomic mass is 10.1. The monoisotopic (exact) mass is 370 g/mol. The van der Waals surface area contributed by atoms with Crippen molar-refractivity contribution >= 4 is 5.91 Å². The van der Waals surface area contributed by atoms with Gasteiger partial charge in [0.15, 0.2) is 11.5 Å². The van der Waals surface area contributed by atoms with Crippen molar-refractivity contribution in [2.75, 3.05) is 21.3 Å². The van der Waals surface area contributed by atoms with Crippen molar-refractivity contribution in [2.24, 2.45) is 7.05 Å². The minimum Gasteiger partial charge on any atom is -0.493 e. The van der Waals surface area contributed by atoms with Gasteiger partial charge in [-0.1, -0.05) is 0 Å². The zero-order valence-electron chi connectivity index (χ0n) is 15.7. The number of benzene rings is 1. The molecule has 0 unspecified atom stereocenters. The summed E-state index contributed by atoms with van der Waals surface area (Å²) < 4.78 is 19.5. The van der Waals surface area contributed by atoms with Gasteiger partial charge in [-0.2, -0.15) is 5.10 Å². The number of carbonyl (C=O) groups excluding carboxylic acids is 1. The van der Waals surface area contributed by atoms with Crippen LogP contribution in [0.4, 0.5) is 0 Å². The summed E-state index contributed by atoms with van der Waals surface area (Å²) >= 11 is 0. The number of aromatic nitrogens is 3. The molecule has 0 saturated carbocycles. The van der Waals surface area contributed by atoms with Crippen LogP contribution in [-0.4, -0.2) is 41.6 Å². The molecule has 1 aromatic carbocycles. The van der Waals surface area contributed by atoms with Crippen molar-refractivity contribution in [1.29, 1.82) is 0 Å². The Hall–Kier alpha value is -3.42. The number of methoxy groups -OCH3 is 3. The fourth-order valence-electron chi connectivity index (χ4n) is 2.89. The van der Waals surface area contributed by atoms with E-state index in [0.29, 0.717) is 35.2 Å². The predicted molar refractivity (Wildman–Crippen MR) is 99.8 cm³/mol. The third-order valence-corrected chi connectivity index (χ3v) is 4.18. The Bertz CT molecular complexity index is 906. The van der Waals surface area contributed by atoms with E-state index in [2.05, 4.69) is 10.4 Å². The lowest BCUT2D eigenvalue weighted by Gasteiger charge is -2.14. The molecule has 3 rings (SSSR count). The van der Waals surface area contributed by atoms with Crippen LogP contribution in [0.1, 0.15) is 15.9 Å².